The molecule has 0 saturated carbocycles. The number of nitrogens with zero attached hydrogens (tertiary/aromatic N) is 1. The third kappa shape index (κ3) is 6.10. The lowest BCUT2D eigenvalue weighted by Crippen LogP contribution is -2.37. The van der Waals surface area contributed by atoms with E-state index in [0.717, 1.165) is 35.2 Å². The Bertz CT molecular complexity index is 4190. The maximum atomic E-state index is 7.36. The Morgan fingerprint density at radius 2 is 1.22 bits per heavy atom. The average molecular weight is 955 g/mol. The van der Waals surface area contributed by atoms with E-state index in [1.54, 1.807) is 0 Å². The second-order valence-corrected chi connectivity index (χ2v) is 26.8. The lowest BCUT2D eigenvalue weighted by molar-refractivity contribution is 0.331. The van der Waals surface area contributed by atoms with Crippen LogP contribution in [-0.4, -0.2) is 11.8 Å². The van der Waals surface area contributed by atoms with E-state index in [1.165, 1.54) is 132 Å². The number of para-hydroxylation sites is 1. The lowest BCUT2D eigenvalue weighted by atomic mass is 9.58. The summed E-state index contributed by atoms with van der Waals surface area (Å²) in [7, 11) is 0.791. The van der Waals surface area contributed by atoms with Crippen molar-refractivity contribution < 1.29 is 4.42 Å². The van der Waals surface area contributed by atoms with Crippen LogP contribution in [0.1, 0.15) is 129 Å². The molecule has 4 heterocycles. The van der Waals surface area contributed by atoms with Crippen molar-refractivity contribution in [3.05, 3.63) is 161 Å². The Hall–Kier alpha value is -6.56. The number of benzene rings is 8. The SMILES string of the molecule is CC(C)(C)c1ccc(Nc2cc3c(cc2-c2c4c5c(c6cc(C(C)(C)C)ccc6n5-c5cc6c(cc5B4)sc4ccccc46)c4oc5ccccc5c24)-c2cc4c(cc2C3(C)C)C(C)(C)CCC4(C)C)cc1. The van der Waals surface area contributed by atoms with Gasteiger partial charge in [-0.25, -0.2) is 0 Å². The number of thiophene rings is 1. The van der Waals surface area contributed by atoms with Crippen molar-refractivity contribution in [1.82, 2.24) is 4.57 Å². The highest BCUT2D eigenvalue weighted by molar-refractivity contribution is 7.26. The first-order chi connectivity index (χ1) is 34.2. The van der Waals surface area contributed by atoms with Crippen LogP contribution in [0.25, 0.3) is 91.9 Å². The van der Waals surface area contributed by atoms with Gasteiger partial charge in [-0.2, -0.15) is 0 Å². The molecular formula is C67H63BN2OS. The molecule has 72 heavy (non-hydrogen) atoms. The zero-order valence-corrected chi connectivity index (χ0v) is 44.8. The quantitative estimate of drug-likeness (QED) is 0.179. The van der Waals surface area contributed by atoms with Gasteiger partial charge in [0.05, 0.1) is 16.4 Å². The molecular weight excluding hydrogens is 892 g/mol. The Kier molecular flexibility index (Phi) is 8.80. The van der Waals surface area contributed by atoms with Crippen molar-refractivity contribution in [1.29, 1.82) is 0 Å². The molecule has 0 fully saturated rings. The van der Waals surface area contributed by atoms with E-state index >= 15 is 0 Å². The molecule has 356 valence electrons. The number of hydrogen-bond donors (Lipinski definition) is 1. The first kappa shape index (κ1) is 44.2. The monoisotopic (exact) mass is 954 g/mol. The number of rotatable bonds is 3. The summed E-state index contributed by atoms with van der Waals surface area (Å²) < 4.78 is 12.6. The molecule has 5 heteroatoms. The number of fused-ring (bicyclic) bond motifs is 16. The maximum Gasteiger partial charge on any atom is 0.198 e. The van der Waals surface area contributed by atoms with Crippen LogP contribution in [0.4, 0.5) is 11.4 Å². The van der Waals surface area contributed by atoms with Crippen LogP contribution in [0.2, 0.25) is 0 Å². The van der Waals surface area contributed by atoms with Gasteiger partial charge in [-0.3, -0.25) is 0 Å². The molecule has 0 bridgehead atoms. The molecule has 1 aliphatic heterocycles. The molecule has 0 spiro atoms. The standard InChI is InChI=1S/C67H63BN2OS/c1-63(2,3)36-21-24-38(25-22-36)69-51-34-47-41(42-31-48-49(33-46(42)67(47,11)12)66(9,10)28-27-65(48,7)8)30-44(51)57-58-40-18-13-15-19-54(40)71-62(58)59-45-29-37(64(4,5)6)23-26-52(45)70-53-32-43-39-17-14-16-20-55(39)72-56(43)35-50(53)68-60(57)61(59)70/h13-26,29-35,68-69H,27-28H2,1-12H3. The summed E-state index contributed by atoms with van der Waals surface area (Å²) in [5, 5.41) is 11.6. The summed E-state index contributed by atoms with van der Waals surface area (Å²) in [5.74, 6) is 0. The number of nitrogens with one attached hydrogen (secondary N) is 1. The fourth-order valence-corrected chi connectivity index (χ4v) is 14.6. The van der Waals surface area contributed by atoms with Gasteiger partial charge in [0.15, 0.2) is 7.28 Å². The van der Waals surface area contributed by atoms with Crippen molar-refractivity contribution in [2.24, 2.45) is 0 Å². The summed E-state index contributed by atoms with van der Waals surface area (Å²) in [6.07, 6.45) is 2.37. The zero-order chi connectivity index (χ0) is 49.8. The fraction of sp³-hybridized carbons (Fsp3) is 0.284. The molecule has 3 nitrogen and oxygen atoms in total. The first-order valence-electron chi connectivity index (χ1n) is 26.3. The molecule has 11 aromatic rings. The molecule has 0 unspecified atom stereocenters. The second-order valence-electron chi connectivity index (χ2n) is 25.7. The lowest BCUT2D eigenvalue weighted by Gasteiger charge is -2.42. The Morgan fingerprint density at radius 1 is 0.569 bits per heavy atom. The second kappa shape index (κ2) is 14.4. The Labute approximate surface area is 428 Å². The summed E-state index contributed by atoms with van der Waals surface area (Å²) in [5.41, 5.74) is 24.2. The van der Waals surface area contributed by atoms with E-state index < -0.39 is 0 Å². The third-order valence-electron chi connectivity index (χ3n) is 17.8. The van der Waals surface area contributed by atoms with Gasteiger partial charge in [0, 0.05) is 64.4 Å². The highest BCUT2D eigenvalue weighted by Crippen LogP contribution is 2.57. The van der Waals surface area contributed by atoms with E-state index in [-0.39, 0.29) is 27.1 Å². The van der Waals surface area contributed by atoms with Crippen molar-refractivity contribution in [2.45, 2.75) is 123 Å². The van der Waals surface area contributed by atoms with Crippen molar-refractivity contribution >= 4 is 105 Å². The first-order valence-corrected chi connectivity index (χ1v) is 27.1. The van der Waals surface area contributed by atoms with E-state index in [2.05, 4.69) is 220 Å². The van der Waals surface area contributed by atoms with Crippen LogP contribution in [0.3, 0.4) is 0 Å². The van der Waals surface area contributed by atoms with Crippen LogP contribution in [0.15, 0.2) is 132 Å². The zero-order valence-electron chi connectivity index (χ0n) is 44.0. The van der Waals surface area contributed by atoms with Crippen molar-refractivity contribution in [3.8, 4) is 27.9 Å². The molecule has 0 atom stereocenters. The highest BCUT2D eigenvalue weighted by Gasteiger charge is 2.44. The smallest absolute Gasteiger partial charge is 0.198 e. The van der Waals surface area contributed by atoms with Crippen LogP contribution in [0.5, 0.6) is 0 Å². The molecule has 1 N–H and O–H groups in total. The van der Waals surface area contributed by atoms with Crippen LogP contribution >= 0.6 is 11.3 Å². The molecule has 2 aliphatic carbocycles. The maximum absolute atomic E-state index is 7.36. The Balaban J connectivity index is 1.14. The Morgan fingerprint density at radius 3 is 1.96 bits per heavy atom. The summed E-state index contributed by atoms with van der Waals surface area (Å²) in [6, 6.07) is 49.5. The van der Waals surface area contributed by atoms with E-state index in [1.807, 2.05) is 11.3 Å². The predicted molar refractivity (Wildman–Crippen MR) is 313 cm³/mol. The highest BCUT2D eigenvalue weighted by atomic mass is 32.1. The molecule has 0 amide bonds. The number of hydrogen-bond acceptors (Lipinski definition) is 3. The normalized spacial score (nSPS) is 16.4. The van der Waals surface area contributed by atoms with E-state index in [9.17, 15) is 0 Å². The molecule has 14 rings (SSSR count). The summed E-state index contributed by atoms with van der Waals surface area (Å²) in [4.78, 5) is 0. The van der Waals surface area contributed by atoms with Gasteiger partial charge in [-0.1, -0.05) is 149 Å². The topological polar surface area (TPSA) is 30.1 Å². The van der Waals surface area contributed by atoms with Crippen molar-refractivity contribution in [2.75, 3.05) is 5.32 Å². The number of aromatic nitrogens is 1. The van der Waals surface area contributed by atoms with Gasteiger partial charge in [0.25, 0.3) is 0 Å². The van der Waals surface area contributed by atoms with E-state index in [4.69, 9.17) is 4.42 Å². The van der Waals surface area contributed by atoms with Gasteiger partial charge in [-0.15, -0.1) is 11.3 Å². The minimum atomic E-state index is -0.218. The van der Waals surface area contributed by atoms with Crippen LogP contribution < -0.4 is 16.2 Å². The number of furan rings is 1. The van der Waals surface area contributed by atoms with Gasteiger partial charge in [0.1, 0.15) is 11.2 Å². The minimum absolute atomic E-state index is 0.0391. The van der Waals surface area contributed by atoms with Gasteiger partial charge in [0.2, 0.25) is 0 Å². The summed E-state index contributed by atoms with van der Waals surface area (Å²) in [6.45, 7) is 28.6. The van der Waals surface area contributed by atoms with Crippen molar-refractivity contribution in [3.63, 3.8) is 0 Å². The fourth-order valence-electron chi connectivity index (χ4n) is 13.4. The molecule has 8 aromatic carbocycles. The van der Waals surface area contributed by atoms with Crippen LogP contribution in [0, 0.1) is 0 Å². The molecule has 0 saturated heterocycles. The average Bonchev–Trinajstić information content (AvgIpc) is 4.06. The third-order valence-corrected chi connectivity index (χ3v) is 18.9. The van der Waals surface area contributed by atoms with Gasteiger partial charge < -0.3 is 14.3 Å². The molecule has 0 radical (unpaired) electrons. The molecule has 3 aliphatic rings. The number of anilines is 2. The largest absolute Gasteiger partial charge is 0.455 e. The molecule has 3 aromatic heterocycles. The van der Waals surface area contributed by atoms with Gasteiger partial charge in [-0.05, 0) is 157 Å². The van der Waals surface area contributed by atoms with E-state index in [0.29, 0.717) is 0 Å². The van der Waals surface area contributed by atoms with Gasteiger partial charge >= 0.3 is 0 Å². The summed E-state index contributed by atoms with van der Waals surface area (Å²) >= 11 is 1.91. The van der Waals surface area contributed by atoms with Crippen LogP contribution in [-0.2, 0) is 27.1 Å². The minimum Gasteiger partial charge on any atom is -0.455 e. The predicted octanol–water partition coefficient (Wildman–Crippen LogP) is 17.4.